The highest BCUT2D eigenvalue weighted by molar-refractivity contribution is 7.89. The summed E-state index contributed by atoms with van der Waals surface area (Å²) >= 11 is 0. The number of hydrogen-bond donors (Lipinski definition) is 0. The highest BCUT2D eigenvalue weighted by atomic mass is 32.2. The van der Waals surface area contributed by atoms with Gasteiger partial charge in [0.15, 0.2) is 0 Å². The van der Waals surface area contributed by atoms with Crippen LogP contribution >= 0.6 is 0 Å². The Kier molecular flexibility index (Phi) is 6.47. The van der Waals surface area contributed by atoms with E-state index in [4.69, 9.17) is 4.74 Å². The van der Waals surface area contributed by atoms with Crippen molar-refractivity contribution in [1.29, 1.82) is 0 Å². The van der Waals surface area contributed by atoms with Crippen molar-refractivity contribution in [3.8, 4) is 0 Å². The van der Waals surface area contributed by atoms with Crippen LogP contribution < -0.4 is 0 Å². The maximum atomic E-state index is 13.6. The van der Waals surface area contributed by atoms with Crippen LogP contribution in [-0.2, 0) is 32.3 Å². The fraction of sp³-hybridized carbons (Fsp3) is 0.350. The summed E-state index contributed by atoms with van der Waals surface area (Å²) in [6, 6.07) is 9.43. The van der Waals surface area contributed by atoms with Crippen molar-refractivity contribution < 1.29 is 35.5 Å². The molecule has 0 aromatic heterocycles. The minimum absolute atomic E-state index is 0.0297. The van der Waals surface area contributed by atoms with E-state index >= 15 is 0 Å². The Labute approximate surface area is 171 Å². The van der Waals surface area contributed by atoms with Gasteiger partial charge in [0.25, 0.3) is 0 Å². The number of benzene rings is 2. The minimum atomic E-state index is -4.65. The lowest BCUT2D eigenvalue weighted by atomic mass is 9.98. The number of rotatable bonds is 5. The maximum absolute atomic E-state index is 13.6. The monoisotopic (exact) mass is 445 g/mol. The van der Waals surface area contributed by atoms with Crippen LogP contribution in [0, 0.1) is 11.7 Å². The van der Waals surface area contributed by atoms with E-state index in [0.29, 0.717) is 6.07 Å². The van der Waals surface area contributed by atoms with Gasteiger partial charge in [-0.3, -0.25) is 4.79 Å². The van der Waals surface area contributed by atoms with Crippen LogP contribution in [0.4, 0.5) is 17.6 Å². The number of carbonyl (C=O) groups excluding carboxylic acids is 1. The highest BCUT2D eigenvalue weighted by Gasteiger charge is 2.35. The molecule has 0 N–H and O–H groups in total. The molecule has 2 aromatic carbocycles. The average molecular weight is 445 g/mol. The van der Waals surface area contributed by atoms with E-state index < -0.39 is 44.4 Å². The second-order valence-electron chi connectivity index (χ2n) is 6.90. The number of sulfonamides is 1. The number of esters is 1. The molecule has 0 spiro atoms. The summed E-state index contributed by atoms with van der Waals surface area (Å²) in [5.41, 5.74) is -0.814. The number of halogens is 4. The van der Waals surface area contributed by atoms with Crippen LogP contribution in [0.3, 0.4) is 0 Å². The van der Waals surface area contributed by atoms with Crippen LogP contribution in [0.15, 0.2) is 53.4 Å². The maximum Gasteiger partial charge on any atom is 0.416 e. The van der Waals surface area contributed by atoms with Crippen molar-refractivity contribution in [1.82, 2.24) is 4.31 Å². The van der Waals surface area contributed by atoms with Crippen molar-refractivity contribution in [2.75, 3.05) is 13.1 Å². The molecule has 2 aromatic rings. The Balaban J connectivity index is 1.61. The van der Waals surface area contributed by atoms with Gasteiger partial charge in [0.1, 0.15) is 12.4 Å². The Morgan fingerprint density at radius 1 is 1.07 bits per heavy atom. The normalized spacial score (nSPS) is 16.4. The van der Waals surface area contributed by atoms with Gasteiger partial charge in [0, 0.05) is 18.7 Å². The summed E-state index contributed by atoms with van der Waals surface area (Å²) in [4.78, 5) is 11.8. The first kappa shape index (κ1) is 22.2. The Hall–Kier alpha value is -2.46. The van der Waals surface area contributed by atoms with E-state index in [2.05, 4.69) is 0 Å². The topological polar surface area (TPSA) is 63.7 Å². The van der Waals surface area contributed by atoms with Crippen LogP contribution in [0.1, 0.15) is 24.0 Å². The number of hydrogen-bond acceptors (Lipinski definition) is 4. The van der Waals surface area contributed by atoms with Crippen LogP contribution in [0.5, 0.6) is 0 Å². The molecule has 0 saturated carbocycles. The molecule has 1 aliphatic rings. The Morgan fingerprint density at radius 2 is 1.73 bits per heavy atom. The van der Waals surface area contributed by atoms with E-state index in [1.54, 1.807) is 6.07 Å². The predicted octanol–water partition coefficient (Wildman–Crippen LogP) is 3.99. The molecule has 5 nitrogen and oxygen atoms in total. The molecule has 0 radical (unpaired) electrons. The van der Waals surface area contributed by atoms with E-state index in [9.17, 15) is 30.8 Å². The second-order valence-corrected chi connectivity index (χ2v) is 8.84. The summed E-state index contributed by atoms with van der Waals surface area (Å²) in [5, 5.41) is 0. The first-order valence-corrected chi connectivity index (χ1v) is 10.6. The molecule has 0 unspecified atom stereocenters. The van der Waals surface area contributed by atoms with E-state index in [0.717, 1.165) is 22.5 Å². The first-order valence-electron chi connectivity index (χ1n) is 9.16. The molecule has 162 valence electrons. The summed E-state index contributed by atoms with van der Waals surface area (Å²) < 4.78 is 83.8. The Morgan fingerprint density at radius 3 is 2.37 bits per heavy atom. The fourth-order valence-corrected chi connectivity index (χ4v) is 4.71. The van der Waals surface area contributed by atoms with E-state index in [1.807, 2.05) is 0 Å². The largest absolute Gasteiger partial charge is 0.460 e. The standard InChI is InChI=1S/C20H19F4NO4S/c21-18-7-2-1-4-15(18)13-29-19(26)14-8-10-25(11-9-14)30(27,28)17-6-3-5-16(12-17)20(22,23)24/h1-7,12,14H,8-11,13H2. The van der Waals surface area contributed by atoms with Gasteiger partial charge in [0.2, 0.25) is 10.0 Å². The van der Waals surface area contributed by atoms with Crippen LogP contribution in [0.25, 0.3) is 0 Å². The summed E-state index contributed by atoms with van der Waals surface area (Å²) in [6.07, 6.45) is -4.33. The molecule has 0 amide bonds. The van der Waals surface area contributed by atoms with Gasteiger partial charge in [-0.15, -0.1) is 0 Å². The van der Waals surface area contributed by atoms with Gasteiger partial charge in [-0.1, -0.05) is 24.3 Å². The molecule has 1 fully saturated rings. The lowest BCUT2D eigenvalue weighted by Gasteiger charge is -2.30. The molecular formula is C20H19F4NO4S. The zero-order valence-corrected chi connectivity index (χ0v) is 16.5. The second kappa shape index (κ2) is 8.73. The van der Waals surface area contributed by atoms with Crippen molar-refractivity contribution in [3.05, 3.63) is 65.5 Å². The molecule has 0 atom stereocenters. The van der Waals surface area contributed by atoms with Gasteiger partial charge >= 0.3 is 12.1 Å². The summed E-state index contributed by atoms with van der Waals surface area (Å²) in [5.74, 6) is -1.62. The molecule has 30 heavy (non-hydrogen) atoms. The molecule has 0 aliphatic carbocycles. The van der Waals surface area contributed by atoms with Crippen molar-refractivity contribution in [3.63, 3.8) is 0 Å². The van der Waals surface area contributed by atoms with E-state index in [1.165, 1.54) is 18.2 Å². The molecule has 1 saturated heterocycles. The first-order chi connectivity index (χ1) is 14.1. The fourth-order valence-electron chi connectivity index (χ4n) is 3.20. The molecular weight excluding hydrogens is 426 g/mol. The predicted molar refractivity (Wildman–Crippen MR) is 99.1 cm³/mol. The van der Waals surface area contributed by atoms with Crippen molar-refractivity contribution >= 4 is 16.0 Å². The number of ether oxygens (including phenoxy) is 1. The number of nitrogens with zero attached hydrogens (tertiary/aromatic N) is 1. The lowest BCUT2D eigenvalue weighted by molar-refractivity contribution is -0.151. The smallest absolute Gasteiger partial charge is 0.416 e. The summed E-state index contributed by atoms with van der Waals surface area (Å²) in [7, 11) is -4.12. The summed E-state index contributed by atoms with van der Waals surface area (Å²) in [6.45, 7) is -0.287. The average Bonchev–Trinajstić information content (AvgIpc) is 2.72. The van der Waals surface area contributed by atoms with Gasteiger partial charge in [-0.25, -0.2) is 12.8 Å². The molecule has 1 aliphatic heterocycles. The van der Waals surface area contributed by atoms with Gasteiger partial charge in [-0.2, -0.15) is 17.5 Å². The van der Waals surface area contributed by atoms with Gasteiger partial charge in [-0.05, 0) is 37.1 Å². The molecule has 3 rings (SSSR count). The SMILES string of the molecule is O=C(OCc1ccccc1F)C1CCN(S(=O)(=O)c2cccc(C(F)(F)F)c2)CC1. The minimum Gasteiger partial charge on any atom is -0.460 e. The Bertz CT molecular complexity index is 1020. The number of piperidine rings is 1. The lowest BCUT2D eigenvalue weighted by Crippen LogP contribution is -2.40. The van der Waals surface area contributed by atoms with Crippen LogP contribution in [-0.4, -0.2) is 31.8 Å². The molecule has 1 heterocycles. The quantitative estimate of drug-likeness (QED) is 0.516. The zero-order chi connectivity index (χ0) is 21.9. The van der Waals surface area contributed by atoms with Gasteiger partial charge < -0.3 is 4.74 Å². The molecule has 0 bridgehead atoms. The van der Waals surface area contributed by atoms with E-state index in [-0.39, 0.29) is 38.1 Å². The highest BCUT2D eigenvalue weighted by Crippen LogP contribution is 2.32. The van der Waals surface area contributed by atoms with Crippen molar-refractivity contribution in [2.24, 2.45) is 5.92 Å². The van der Waals surface area contributed by atoms with Gasteiger partial charge in [0.05, 0.1) is 16.4 Å². The van der Waals surface area contributed by atoms with Crippen LogP contribution in [0.2, 0.25) is 0 Å². The number of carbonyl (C=O) groups is 1. The molecule has 10 heteroatoms. The third-order valence-corrected chi connectivity index (χ3v) is 6.81. The third kappa shape index (κ3) is 4.99. The third-order valence-electron chi connectivity index (χ3n) is 4.91. The van der Waals surface area contributed by atoms with Crippen molar-refractivity contribution in [2.45, 2.75) is 30.5 Å². The zero-order valence-electron chi connectivity index (χ0n) is 15.7. The number of alkyl halides is 3.